The Labute approximate surface area is 150 Å². The third-order valence-electron chi connectivity index (χ3n) is 3.69. The lowest BCUT2D eigenvalue weighted by Gasteiger charge is -2.09. The van der Waals surface area contributed by atoms with Gasteiger partial charge in [-0.05, 0) is 75.5 Å². The van der Waals surface area contributed by atoms with Crippen molar-refractivity contribution in [2.24, 2.45) is 0 Å². The van der Waals surface area contributed by atoms with Crippen LogP contribution in [0.15, 0.2) is 66.7 Å². The summed E-state index contributed by atoms with van der Waals surface area (Å²) < 4.78 is 4.88. The first-order valence-electron chi connectivity index (χ1n) is 6.69. The molecule has 0 aliphatic heterocycles. The standard InChI is InChI=1S/C18H11I2N/c19-12-9-13(20)11-14(10-12)21-17-7-3-1-5-15(17)16-6-2-4-8-18(16)21/h1-11H. The van der Waals surface area contributed by atoms with Gasteiger partial charge in [0.15, 0.2) is 0 Å². The Hall–Kier alpha value is -1.08. The summed E-state index contributed by atoms with van der Waals surface area (Å²) in [5, 5.41) is 2.61. The summed E-state index contributed by atoms with van der Waals surface area (Å²) in [7, 11) is 0. The molecule has 3 aromatic carbocycles. The lowest BCUT2D eigenvalue weighted by atomic mass is 10.2. The van der Waals surface area contributed by atoms with Crippen molar-refractivity contribution in [3.63, 3.8) is 0 Å². The Morgan fingerprint density at radius 3 is 1.62 bits per heavy atom. The normalized spacial score (nSPS) is 11.3. The summed E-state index contributed by atoms with van der Waals surface area (Å²) >= 11 is 4.77. The van der Waals surface area contributed by atoms with Crippen molar-refractivity contribution in [2.45, 2.75) is 0 Å². The third-order valence-corrected chi connectivity index (χ3v) is 4.93. The maximum absolute atomic E-state index is 2.39. The average Bonchev–Trinajstić information content (AvgIpc) is 2.81. The summed E-state index contributed by atoms with van der Waals surface area (Å²) in [4.78, 5) is 0. The molecule has 0 aliphatic carbocycles. The first-order chi connectivity index (χ1) is 10.2. The van der Waals surface area contributed by atoms with Crippen molar-refractivity contribution in [1.82, 2.24) is 4.57 Å². The molecule has 0 N–H and O–H groups in total. The molecule has 0 unspecified atom stereocenters. The third kappa shape index (κ3) is 2.26. The maximum atomic E-state index is 2.39. The van der Waals surface area contributed by atoms with Crippen molar-refractivity contribution >= 4 is 67.0 Å². The van der Waals surface area contributed by atoms with Crippen LogP contribution in [-0.2, 0) is 0 Å². The van der Waals surface area contributed by atoms with Crippen molar-refractivity contribution in [2.75, 3.05) is 0 Å². The minimum absolute atomic E-state index is 1.23. The van der Waals surface area contributed by atoms with Crippen LogP contribution in [0.4, 0.5) is 0 Å². The van der Waals surface area contributed by atoms with Gasteiger partial charge in [-0.1, -0.05) is 36.4 Å². The minimum atomic E-state index is 1.23. The number of rotatable bonds is 1. The Kier molecular flexibility index (Phi) is 3.41. The van der Waals surface area contributed by atoms with Crippen molar-refractivity contribution in [3.05, 3.63) is 73.9 Å². The molecule has 4 aromatic rings. The van der Waals surface area contributed by atoms with Crippen molar-refractivity contribution in [3.8, 4) is 5.69 Å². The second kappa shape index (κ2) is 5.28. The molecule has 0 amide bonds. The fraction of sp³-hybridized carbons (Fsp3) is 0. The zero-order valence-corrected chi connectivity index (χ0v) is 15.4. The molecule has 4 rings (SSSR count). The fourth-order valence-corrected chi connectivity index (χ4v) is 4.77. The van der Waals surface area contributed by atoms with Crippen LogP contribution >= 0.6 is 45.2 Å². The van der Waals surface area contributed by atoms with E-state index in [9.17, 15) is 0 Å². The molecule has 1 heterocycles. The van der Waals surface area contributed by atoms with E-state index in [1.165, 1.54) is 34.6 Å². The molecule has 0 saturated carbocycles. The molecule has 3 heteroatoms. The SMILES string of the molecule is Ic1cc(I)cc(-n2c3ccccc3c3ccccc32)c1. The van der Waals surface area contributed by atoms with Gasteiger partial charge in [-0.2, -0.15) is 0 Å². The van der Waals surface area contributed by atoms with E-state index in [0.29, 0.717) is 0 Å². The summed E-state index contributed by atoms with van der Waals surface area (Å²) in [6.45, 7) is 0. The monoisotopic (exact) mass is 495 g/mol. The fourth-order valence-electron chi connectivity index (χ4n) is 2.87. The predicted molar refractivity (Wildman–Crippen MR) is 106 cm³/mol. The second-order valence-electron chi connectivity index (χ2n) is 5.00. The molecule has 0 aliphatic rings. The van der Waals surface area contributed by atoms with Gasteiger partial charge in [0.25, 0.3) is 0 Å². The number of aromatic nitrogens is 1. The summed E-state index contributed by atoms with van der Waals surface area (Å²) in [5.74, 6) is 0. The molecular formula is C18H11I2N. The van der Waals surface area contributed by atoms with Crippen LogP contribution in [0, 0.1) is 7.14 Å². The van der Waals surface area contributed by atoms with Gasteiger partial charge < -0.3 is 4.57 Å². The van der Waals surface area contributed by atoms with Gasteiger partial charge in [0.05, 0.1) is 11.0 Å². The van der Waals surface area contributed by atoms with Crippen LogP contribution in [0.3, 0.4) is 0 Å². The lowest BCUT2D eigenvalue weighted by Crippen LogP contribution is -1.95. The highest BCUT2D eigenvalue weighted by Gasteiger charge is 2.11. The first-order valence-corrected chi connectivity index (χ1v) is 8.84. The van der Waals surface area contributed by atoms with E-state index in [1.807, 2.05) is 0 Å². The number of benzene rings is 3. The highest BCUT2D eigenvalue weighted by atomic mass is 127. The number of fused-ring (bicyclic) bond motifs is 3. The lowest BCUT2D eigenvalue weighted by molar-refractivity contribution is 1.17. The predicted octanol–water partition coefficient (Wildman–Crippen LogP) is 5.99. The molecule has 102 valence electrons. The second-order valence-corrected chi connectivity index (χ2v) is 7.49. The molecule has 0 atom stereocenters. The van der Waals surface area contributed by atoms with Gasteiger partial charge in [-0.25, -0.2) is 0 Å². The summed E-state index contributed by atoms with van der Waals surface area (Å²) in [6.07, 6.45) is 0. The van der Waals surface area contributed by atoms with Gasteiger partial charge in [-0.3, -0.25) is 0 Å². The Bertz CT molecular complexity index is 896. The quantitative estimate of drug-likeness (QED) is 0.286. The molecule has 1 aromatic heterocycles. The molecule has 21 heavy (non-hydrogen) atoms. The Morgan fingerprint density at radius 2 is 1.10 bits per heavy atom. The molecule has 0 spiro atoms. The van der Waals surface area contributed by atoms with Crippen LogP contribution in [0.1, 0.15) is 0 Å². The van der Waals surface area contributed by atoms with Crippen LogP contribution in [0.2, 0.25) is 0 Å². The van der Waals surface area contributed by atoms with Crippen LogP contribution in [0.5, 0.6) is 0 Å². The topological polar surface area (TPSA) is 4.93 Å². The highest BCUT2D eigenvalue weighted by Crippen LogP contribution is 2.32. The van der Waals surface area contributed by atoms with E-state index in [1.54, 1.807) is 0 Å². The van der Waals surface area contributed by atoms with Gasteiger partial charge >= 0.3 is 0 Å². The highest BCUT2D eigenvalue weighted by molar-refractivity contribution is 14.1. The maximum Gasteiger partial charge on any atom is 0.0541 e. The van der Waals surface area contributed by atoms with Gasteiger partial charge in [0.2, 0.25) is 0 Å². The van der Waals surface area contributed by atoms with Crippen LogP contribution < -0.4 is 0 Å². The van der Waals surface area contributed by atoms with E-state index in [2.05, 4.69) is 116 Å². The zero-order valence-electron chi connectivity index (χ0n) is 11.1. The molecule has 0 radical (unpaired) electrons. The smallest absolute Gasteiger partial charge is 0.0541 e. The van der Waals surface area contributed by atoms with Crippen LogP contribution in [0.25, 0.3) is 27.5 Å². The van der Waals surface area contributed by atoms with E-state index in [4.69, 9.17) is 0 Å². The number of nitrogens with zero attached hydrogens (tertiary/aromatic N) is 1. The molecule has 0 bridgehead atoms. The molecule has 1 nitrogen and oxygen atoms in total. The molecular weight excluding hydrogens is 484 g/mol. The average molecular weight is 495 g/mol. The Morgan fingerprint density at radius 1 is 0.619 bits per heavy atom. The van der Waals surface area contributed by atoms with Gasteiger partial charge in [0.1, 0.15) is 0 Å². The number of halogens is 2. The van der Waals surface area contributed by atoms with Gasteiger partial charge in [0, 0.05) is 23.6 Å². The van der Waals surface area contributed by atoms with Crippen molar-refractivity contribution in [1.29, 1.82) is 0 Å². The first kappa shape index (κ1) is 13.6. The Balaban J connectivity index is 2.20. The van der Waals surface area contributed by atoms with Crippen molar-refractivity contribution < 1.29 is 0 Å². The summed E-state index contributed by atoms with van der Waals surface area (Å²) in [6, 6.07) is 23.9. The molecule has 0 saturated heterocycles. The van der Waals surface area contributed by atoms with Gasteiger partial charge in [-0.15, -0.1) is 0 Å². The minimum Gasteiger partial charge on any atom is -0.309 e. The number of hydrogen-bond donors (Lipinski definition) is 0. The molecule has 0 fully saturated rings. The van der Waals surface area contributed by atoms with E-state index >= 15 is 0 Å². The van der Waals surface area contributed by atoms with Crippen LogP contribution in [-0.4, -0.2) is 4.57 Å². The van der Waals surface area contributed by atoms with E-state index in [-0.39, 0.29) is 0 Å². The zero-order chi connectivity index (χ0) is 14.4. The van der Waals surface area contributed by atoms with E-state index < -0.39 is 0 Å². The number of para-hydroxylation sites is 2. The number of hydrogen-bond acceptors (Lipinski definition) is 0. The summed E-state index contributed by atoms with van der Waals surface area (Å²) in [5.41, 5.74) is 3.75. The largest absolute Gasteiger partial charge is 0.309 e. The van der Waals surface area contributed by atoms with E-state index in [0.717, 1.165) is 0 Å².